The van der Waals surface area contributed by atoms with Gasteiger partial charge >= 0.3 is 5.97 Å². The molecule has 0 amide bonds. The molecular weight excluding hydrogens is 380 g/mol. The van der Waals surface area contributed by atoms with Gasteiger partial charge in [-0.05, 0) is 60.7 Å². The van der Waals surface area contributed by atoms with Crippen molar-refractivity contribution in [2.45, 2.75) is 43.0 Å². The standard InChI is InChI=1S/C21H25ClN2O2S/c1-24-18-9-6-5-8-16(18)21(17-12-11-15(22)14-19(17)27-24)23-13-7-3-2-4-10-20(25)26/h5-6,8-9,11-12,14,21,23H,2-4,7,10,13H2,1H3,(H,25,26)/t21-/m0/s1. The molecule has 1 aliphatic heterocycles. The normalized spacial score (nSPS) is 15.8. The van der Waals surface area contributed by atoms with E-state index in [1.165, 1.54) is 21.7 Å². The monoisotopic (exact) mass is 404 g/mol. The molecule has 0 radical (unpaired) electrons. The number of para-hydroxylation sites is 1. The number of halogens is 1. The van der Waals surface area contributed by atoms with Crippen molar-refractivity contribution in [2.24, 2.45) is 0 Å². The van der Waals surface area contributed by atoms with Crippen molar-refractivity contribution in [3.63, 3.8) is 0 Å². The van der Waals surface area contributed by atoms with Crippen LogP contribution < -0.4 is 9.62 Å². The number of fused-ring (bicyclic) bond motifs is 2. The molecule has 4 nitrogen and oxygen atoms in total. The quantitative estimate of drug-likeness (QED) is 0.448. The number of rotatable bonds is 8. The Balaban J connectivity index is 1.71. The van der Waals surface area contributed by atoms with Crippen LogP contribution in [0.4, 0.5) is 5.69 Å². The third-order valence-corrected chi connectivity index (χ3v) is 6.03. The van der Waals surface area contributed by atoms with Crippen LogP contribution in [0.25, 0.3) is 0 Å². The molecule has 1 heterocycles. The van der Waals surface area contributed by atoms with Gasteiger partial charge < -0.3 is 14.7 Å². The molecule has 0 aromatic heterocycles. The molecule has 1 atom stereocenters. The zero-order chi connectivity index (χ0) is 19.2. The molecule has 2 N–H and O–H groups in total. The summed E-state index contributed by atoms with van der Waals surface area (Å²) < 4.78 is 2.19. The number of aliphatic carboxylic acids is 1. The van der Waals surface area contributed by atoms with Crippen LogP contribution in [0.2, 0.25) is 5.02 Å². The maximum Gasteiger partial charge on any atom is 0.303 e. The number of carboxylic acid groups (broad SMARTS) is 1. The lowest BCUT2D eigenvalue weighted by Gasteiger charge is -2.22. The second kappa shape index (κ2) is 9.49. The summed E-state index contributed by atoms with van der Waals surface area (Å²) in [4.78, 5) is 11.8. The van der Waals surface area contributed by atoms with Gasteiger partial charge in [0.25, 0.3) is 0 Å². The number of nitrogens with one attached hydrogen (secondary N) is 1. The van der Waals surface area contributed by atoms with Gasteiger partial charge in [-0.1, -0.05) is 48.7 Å². The molecular formula is C21H25ClN2O2S. The fraction of sp³-hybridized carbons (Fsp3) is 0.381. The highest BCUT2D eigenvalue weighted by molar-refractivity contribution is 8.00. The summed E-state index contributed by atoms with van der Waals surface area (Å²) in [5.41, 5.74) is 3.71. The van der Waals surface area contributed by atoms with Crippen molar-refractivity contribution in [3.8, 4) is 0 Å². The first-order valence-electron chi connectivity index (χ1n) is 9.31. The van der Waals surface area contributed by atoms with E-state index in [0.717, 1.165) is 37.3 Å². The highest BCUT2D eigenvalue weighted by Crippen LogP contribution is 2.43. The zero-order valence-corrected chi connectivity index (χ0v) is 17.0. The predicted octanol–water partition coefficient (Wildman–Crippen LogP) is 5.51. The van der Waals surface area contributed by atoms with Gasteiger partial charge in [0.15, 0.2) is 0 Å². The number of nitrogens with zero attached hydrogens (tertiary/aromatic N) is 1. The number of anilines is 1. The Labute approximate surface area is 170 Å². The van der Waals surface area contributed by atoms with Crippen molar-refractivity contribution in [2.75, 3.05) is 17.9 Å². The average Bonchev–Trinajstić information content (AvgIpc) is 2.75. The fourth-order valence-electron chi connectivity index (χ4n) is 3.43. The van der Waals surface area contributed by atoms with Crippen molar-refractivity contribution in [1.29, 1.82) is 0 Å². The summed E-state index contributed by atoms with van der Waals surface area (Å²) in [6, 6.07) is 14.7. The first kappa shape index (κ1) is 20.1. The number of carbonyl (C=O) groups is 1. The highest BCUT2D eigenvalue weighted by Gasteiger charge is 2.26. The van der Waals surface area contributed by atoms with Crippen molar-refractivity contribution in [1.82, 2.24) is 5.32 Å². The van der Waals surface area contributed by atoms with Gasteiger partial charge in [0.05, 0.1) is 11.7 Å². The zero-order valence-electron chi connectivity index (χ0n) is 15.5. The molecule has 27 heavy (non-hydrogen) atoms. The van der Waals surface area contributed by atoms with Gasteiger partial charge in [-0.15, -0.1) is 0 Å². The first-order chi connectivity index (χ1) is 13.1. The van der Waals surface area contributed by atoms with E-state index in [1.54, 1.807) is 11.9 Å². The van der Waals surface area contributed by atoms with Gasteiger partial charge in [0.1, 0.15) is 0 Å². The minimum absolute atomic E-state index is 0.116. The Kier molecular flexibility index (Phi) is 7.05. The van der Waals surface area contributed by atoms with E-state index >= 15 is 0 Å². The van der Waals surface area contributed by atoms with E-state index in [1.807, 2.05) is 12.1 Å². The van der Waals surface area contributed by atoms with E-state index in [0.29, 0.717) is 0 Å². The predicted molar refractivity (Wildman–Crippen MR) is 113 cm³/mol. The van der Waals surface area contributed by atoms with Gasteiger partial charge in [-0.2, -0.15) is 0 Å². The highest BCUT2D eigenvalue weighted by atomic mass is 35.5. The molecule has 144 valence electrons. The Bertz CT molecular complexity index is 800. The Morgan fingerprint density at radius 2 is 1.93 bits per heavy atom. The smallest absolute Gasteiger partial charge is 0.303 e. The summed E-state index contributed by atoms with van der Waals surface area (Å²) in [5, 5.41) is 13.2. The van der Waals surface area contributed by atoms with Gasteiger partial charge in [-0.25, -0.2) is 0 Å². The molecule has 0 saturated heterocycles. The number of carboxylic acids is 1. The second-order valence-electron chi connectivity index (χ2n) is 6.77. The van der Waals surface area contributed by atoms with E-state index < -0.39 is 5.97 Å². The third kappa shape index (κ3) is 5.18. The van der Waals surface area contributed by atoms with Gasteiger partial charge in [0, 0.05) is 23.4 Å². The van der Waals surface area contributed by atoms with Crippen LogP contribution in [0.15, 0.2) is 47.4 Å². The molecule has 1 aliphatic rings. The number of hydrogen-bond acceptors (Lipinski definition) is 4. The molecule has 0 spiro atoms. The molecule has 0 bridgehead atoms. The SMILES string of the molecule is CN1Sc2cc(Cl)ccc2[C@@H](NCCCCCCC(=O)O)c2ccccc21. The fourth-order valence-corrected chi connectivity index (χ4v) is 4.70. The topological polar surface area (TPSA) is 52.6 Å². The Morgan fingerprint density at radius 3 is 2.74 bits per heavy atom. The summed E-state index contributed by atoms with van der Waals surface area (Å²) >= 11 is 7.94. The van der Waals surface area contributed by atoms with E-state index in [9.17, 15) is 4.79 Å². The van der Waals surface area contributed by atoms with Crippen molar-refractivity contribution in [3.05, 3.63) is 58.6 Å². The van der Waals surface area contributed by atoms with Crippen molar-refractivity contribution < 1.29 is 9.90 Å². The number of hydrogen-bond donors (Lipinski definition) is 2. The lowest BCUT2D eigenvalue weighted by Crippen LogP contribution is -2.24. The molecule has 0 fully saturated rings. The lowest BCUT2D eigenvalue weighted by atomic mass is 9.96. The van der Waals surface area contributed by atoms with Crippen LogP contribution in [0.1, 0.15) is 49.3 Å². The Hall–Kier alpha value is -1.69. The molecule has 3 rings (SSSR count). The third-order valence-electron chi connectivity index (χ3n) is 4.77. The number of unbranched alkanes of at least 4 members (excludes halogenated alkanes) is 3. The largest absolute Gasteiger partial charge is 0.481 e. The van der Waals surface area contributed by atoms with Crippen LogP contribution in [0.5, 0.6) is 0 Å². The Morgan fingerprint density at radius 1 is 1.15 bits per heavy atom. The summed E-state index contributed by atoms with van der Waals surface area (Å²) in [6.45, 7) is 0.891. The van der Waals surface area contributed by atoms with Crippen LogP contribution >= 0.6 is 23.5 Å². The number of benzene rings is 2. The minimum atomic E-state index is -0.708. The van der Waals surface area contributed by atoms with E-state index in [2.05, 4.69) is 47.0 Å². The lowest BCUT2D eigenvalue weighted by molar-refractivity contribution is -0.137. The molecule has 0 saturated carbocycles. The molecule has 2 aromatic carbocycles. The minimum Gasteiger partial charge on any atom is -0.481 e. The maximum atomic E-state index is 10.6. The van der Waals surface area contributed by atoms with Crippen LogP contribution in [-0.4, -0.2) is 24.7 Å². The van der Waals surface area contributed by atoms with E-state index in [4.69, 9.17) is 16.7 Å². The summed E-state index contributed by atoms with van der Waals surface area (Å²) in [5.74, 6) is -0.708. The first-order valence-corrected chi connectivity index (χ1v) is 10.5. The van der Waals surface area contributed by atoms with Gasteiger partial charge in [0.2, 0.25) is 0 Å². The van der Waals surface area contributed by atoms with Crippen LogP contribution in [0.3, 0.4) is 0 Å². The van der Waals surface area contributed by atoms with Gasteiger partial charge in [-0.3, -0.25) is 4.79 Å². The summed E-state index contributed by atoms with van der Waals surface area (Å²) in [6.07, 6.45) is 4.05. The van der Waals surface area contributed by atoms with E-state index in [-0.39, 0.29) is 12.5 Å². The average molecular weight is 405 g/mol. The molecule has 2 aromatic rings. The van der Waals surface area contributed by atoms with Crippen molar-refractivity contribution >= 4 is 35.2 Å². The maximum absolute atomic E-state index is 10.6. The van der Waals surface area contributed by atoms with Crippen LogP contribution in [-0.2, 0) is 4.79 Å². The molecule has 0 aliphatic carbocycles. The summed E-state index contributed by atoms with van der Waals surface area (Å²) in [7, 11) is 2.08. The second-order valence-corrected chi connectivity index (χ2v) is 8.38. The molecule has 0 unspecified atom stereocenters. The van der Waals surface area contributed by atoms with Crippen LogP contribution in [0, 0.1) is 0 Å². The molecule has 6 heteroatoms.